The number of carbonyl (C=O) groups is 3. The van der Waals surface area contributed by atoms with Crippen molar-refractivity contribution in [1.82, 2.24) is 0 Å². The molecule has 4 aromatic carbocycles. The maximum Gasteiger partial charge on any atom is 0.343 e. The van der Waals surface area contributed by atoms with Crippen LogP contribution in [0.1, 0.15) is 116 Å². The average Bonchev–Trinajstić information content (AvgIpc) is 2.95. The van der Waals surface area contributed by atoms with Crippen LogP contribution in [0.2, 0.25) is 0 Å². The first-order chi connectivity index (χ1) is 20.4. The minimum Gasteiger partial charge on any atom is -0.423 e. The van der Waals surface area contributed by atoms with Gasteiger partial charge >= 0.3 is 11.9 Å². The molecule has 0 saturated heterocycles. The van der Waals surface area contributed by atoms with Crippen LogP contribution in [-0.2, 0) is 16.2 Å². The summed E-state index contributed by atoms with van der Waals surface area (Å²) in [5.74, 6) is -0.969. The fourth-order valence-corrected chi connectivity index (χ4v) is 4.66. The van der Waals surface area contributed by atoms with Crippen LogP contribution < -0.4 is 9.47 Å². The number of carbonyl (C=O) groups excluding carboxylic acids is 3. The zero-order chi connectivity index (χ0) is 32.4. The van der Waals surface area contributed by atoms with Crippen LogP contribution in [-0.4, -0.2) is 17.7 Å². The van der Waals surface area contributed by atoms with Crippen molar-refractivity contribution < 1.29 is 23.9 Å². The highest BCUT2D eigenvalue weighted by Gasteiger charge is 2.22. The Morgan fingerprint density at radius 3 is 1.02 bits per heavy atom. The van der Waals surface area contributed by atoms with Crippen LogP contribution >= 0.6 is 0 Å². The van der Waals surface area contributed by atoms with E-state index in [2.05, 4.69) is 62.3 Å². The number of ketones is 1. The number of esters is 2. The summed E-state index contributed by atoms with van der Waals surface area (Å²) in [6.07, 6.45) is 0. The minimum absolute atomic E-state index is 0.0509. The molecule has 0 aliphatic carbocycles. The lowest BCUT2D eigenvalue weighted by Gasteiger charge is -2.19. The van der Waals surface area contributed by atoms with Gasteiger partial charge in [0.25, 0.3) is 0 Å². The topological polar surface area (TPSA) is 69.7 Å². The minimum atomic E-state index is -0.685. The van der Waals surface area contributed by atoms with Crippen molar-refractivity contribution in [2.45, 2.75) is 78.6 Å². The van der Waals surface area contributed by atoms with Gasteiger partial charge in [-0.25, -0.2) is 9.59 Å². The van der Waals surface area contributed by atoms with E-state index in [1.165, 1.54) is 18.2 Å². The summed E-state index contributed by atoms with van der Waals surface area (Å²) in [7, 11) is 0. The van der Waals surface area contributed by atoms with Crippen molar-refractivity contribution in [2.24, 2.45) is 0 Å². The summed E-state index contributed by atoms with van der Waals surface area (Å²) in [4.78, 5) is 40.3. The fourth-order valence-electron chi connectivity index (χ4n) is 4.66. The van der Waals surface area contributed by atoms with Crippen molar-refractivity contribution >= 4 is 17.7 Å². The molecule has 5 heteroatoms. The van der Waals surface area contributed by atoms with Gasteiger partial charge in [0.15, 0.2) is 5.78 Å². The molecule has 4 rings (SSSR count). The molecule has 0 saturated carbocycles. The van der Waals surface area contributed by atoms with E-state index < -0.39 is 11.9 Å². The number of rotatable bonds is 6. The molecule has 0 aliphatic heterocycles. The van der Waals surface area contributed by atoms with Gasteiger partial charge in [0.05, 0.1) is 11.1 Å². The van der Waals surface area contributed by atoms with Crippen LogP contribution in [0.3, 0.4) is 0 Å². The lowest BCUT2D eigenvalue weighted by atomic mass is 9.86. The molecule has 44 heavy (non-hydrogen) atoms. The van der Waals surface area contributed by atoms with E-state index >= 15 is 0 Å². The Bertz CT molecular complexity index is 1570. The Labute approximate surface area is 261 Å². The van der Waals surface area contributed by atoms with Crippen LogP contribution in [0.5, 0.6) is 11.5 Å². The number of benzene rings is 4. The second-order valence-electron chi connectivity index (χ2n) is 14.3. The van der Waals surface area contributed by atoms with Gasteiger partial charge in [-0.1, -0.05) is 111 Å². The normalized spacial score (nSPS) is 12.0. The first-order valence-electron chi connectivity index (χ1n) is 14.9. The summed E-state index contributed by atoms with van der Waals surface area (Å²) in [5.41, 5.74) is 3.87. The lowest BCUT2D eigenvalue weighted by molar-refractivity contribution is 0.0734. The predicted molar refractivity (Wildman–Crippen MR) is 175 cm³/mol. The summed E-state index contributed by atoms with van der Waals surface area (Å²) >= 11 is 0. The maximum absolute atomic E-state index is 13.6. The standard InChI is InChI=1S/C39H42O5/c1-37(2,3)29-12-10-25(11-13-29)34(40)26-22-27(35(41)43-32-18-14-30(15-19-32)38(4,5)6)24-28(23-26)36(42)44-33-20-16-31(17-21-33)39(7,8)9/h10-24H,1-9H3. The SMILES string of the molecule is CC(C)(C)c1ccc(OC(=O)c2cc(C(=O)Oc3ccc(C(C)(C)C)cc3)cc(C(=O)c3ccc(C(C)(C)C)cc3)c2)cc1. The molecule has 0 aromatic heterocycles. The van der Waals surface area contributed by atoms with Gasteiger partial charge in [-0.05, 0) is 75.4 Å². The van der Waals surface area contributed by atoms with Gasteiger partial charge in [-0.3, -0.25) is 4.79 Å². The molecule has 4 aromatic rings. The van der Waals surface area contributed by atoms with Crippen molar-refractivity contribution in [3.63, 3.8) is 0 Å². The Morgan fingerprint density at radius 2 is 0.705 bits per heavy atom. The molecule has 0 N–H and O–H groups in total. The molecule has 0 radical (unpaired) electrons. The Kier molecular flexibility index (Phi) is 9.01. The molecule has 0 heterocycles. The monoisotopic (exact) mass is 590 g/mol. The number of hydrogen-bond acceptors (Lipinski definition) is 5. The van der Waals surface area contributed by atoms with Crippen LogP contribution in [0.4, 0.5) is 0 Å². The molecule has 0 fully saturated rings. The van der Waals surface area contributed by atoms with Crippen LogP contribution in [0, 0.1) is 0 Å². The summed E-state index contributed by atoms with van der Waals surface area (Å²) in [6.45, 7) is 18.9. The zero-order valence-corrected chi connectivity index (χ0v) is 27.2. The van der Waals surface area contributed by atoms with E-state index in [0.717, 1.165) is 16.7 Å². The molecule has 5 nitrogen and oxygen atoms in total. The summed E-state index contributed by atoms with van der Waals surface area (Å²) in [6, 6.07) is 26.3. The van der Waals surface area contributed by atoms with Gasteiger partial charge in [-0.2, -0.15) is 0 Å². The molecule has 228 valence electrons. The van der Waals surface area contributed by atoms with Crippen molar-refractivity contribution in [2.75, 3.05) is 0 Å². The van der Waals surface area contributed by atoms with Gasteiger partial charge in [0.1, 0.15) is 11.5 Å². The largest absolute Gasteiger partial charge is 0.423 e. The van der Waals surface area contributed by atoms with Gasteiger partial charge in [0, 0.05) is 11.1 Å². The Hall–Kier alpha value is -4.51. The van der Waals surface area contributed by atoms with Crippen LogP contribution in [0.25, 0.3) is 0 Å². The zero-order valence-electron chi connectivity index (χ0n) is 27.2. The molecule has 0 spiro atoms. The second kappa shape index (κ2) is 12.2. The van der Waals surface area contributed by atoms with Gasteiger partial charge < -0.3 is 9.47 Å². The second-order valence-corrected chi connectivity index (χ2v) is 14.3. The van der Waals surface area contributed by atoms with E-state index in [1.54, 1.807) is 36.4 Å². The molecule has 0 bridgehead atoms. The summed E-state index contributed by atoms with van der Waals surface area (Å²) in [5, 5.41) is 0. The first-order valence-corrected chi connectivity index (χ1v) is 14.9. The van der Waals surface area contributed by atoms with E-state index in [4.69, 9.17) is 9.47 Å². The third-order valence-corrected chi connectivity index (χ3v) is 7.54. The van der Waals surface area contributed by atoms with Crippen LogP contribution in [0.15, 0.2) is 91.0 Å². The lowest BCUT2D eigenvalue weighted by Crippen LogP contribution is -2.16. The smallest absolute Gasteiger partial charge is 0.343 e. The highest BCUT2D eigenvalue weighted by atomic mass is 16.5. The molecular formula is C39H42O5. The number of hydrogen-bond donors (Lipinski definition) is 0. The third-order valence-electron chi connectivity index (χ3n) is 7.54. The predicted octanol–water partition coefficient (Wildman–Crippen LogP) is 9.25. The molecule has 0 unspecified atom stereocenters. The van der Waals surface area contributed by atoms with Crippen molar-refractivity contribution in [1.29, 1.82) is 0 Å². The van der Waals surface area contributed by atoms with E-state index in [0.29, 0.717) is 17.1 Å². The van der Waals surface area contributed by atoms with Crippen molar-refractivity contribution in [3.05, 3.63) is 130 Å². The Balaban J connectivity index is 1.67. The highest BCUT2D eigenvalue weighted by molar-refractivity contribution is 6.11. The molecule has 0 aliphatic rings. The fraction of sp³-hybridized carbons (Fsp3) is 0.308. The van der Waals surface area contributed by atoms with E-state index in [9.17, 15) is 14.4 Å². The number of ether oxygens (including phenoxy) is 2. The van der Waals surface area contributed by atoms with Crippen molar-refractivity contribution in [3.8, 4) is 11.5 Å². The maximum atomic E-state index is 13.6. The average molecular weight is 591 g/mol. The Morgan fingerprint density at radius 1 is 0.409 bits per heavy atom. The van der Waals surface area contributed by atoms with Gasteiger partial charge in [-0.15, -0.1) is 0 Å². The summed E-state index contributed by atoms with van der Waals surface area (Å²) < 4.78 is 11.3. The third kappa shape index (κ3) is 7.90. The highest BCUT2D eigenvalue weighted by Crippen LogP contribution is 2.27. The molecule has 0 atom stereocenters. The van der Waals surface area contributed by atoms with E-state index in [-0.39, 0.29) is 38.7 Å². The molecule has 0 amide bonds. The quantitative estimate of drug-likeness (QED) is 0.127. The van der Waals surface area contributed by atoms with E-state index in [1.807, 2.05) is 36.4 Å². The van der Waals surface area contributed by atoms with Gasteiger partial charge in [0.2, 0.25) is 0 Å². The first kappa shape index (κ1) is 32.4. The molecular weight excluding hydrogens is 548 g/mol.